The first-order valence-electron chi connectivity index (χ1n) is 10.2. The Labute approximate surface area is 168 Å². The maximum Gasteiger partial charge on any atom is 0.238 e. The van der Waals surface area contributed by atoms with Crippen molar-refractivity contribution < 1.29 is 9.53 Å². The van der Waals surface area contributed by atoms with Gasteiger partial charge in [0.1, 0.15) is 5.75 Å². The molecule has 0 bridgehead atoms. The third kappa shape index (κ3) is 5.26. The number of anilines is 2. The smallest absolute Gasteiger partial charge is 0.238 e. The van der Waals surface area contributed by atoms with Crippen LogP contribution in [-0.4, -0.2) is 50.1 Å². The molecule has 1 amide bonds. The lowest BCUT2D eigenvalue weighted by Gasteiger charge is -2.36. The molecule has 1 fully saturated rings. The molecular weight excluding hydrogens is 350 g/mol. The molecule has 0 aromatic heterocycles. The largest absolute Gasteiger partial charge is 0.492 e. The van der Waals surface area contributed by atoms with Crippen molar-refractivity contribution in [1.82, 2.24) is 4.90 Å². The zero-order valence-corrected chi connectivity index (χ0v) is 17.1. The van der Waals surface area contributed by atoms with Gasteiger partial charge in [-0.05, 0) is 42.7 Å². The molecule has 0 saturated carbocycles. The lowest BCUT2D eigenvalue weighted by Crippen LogP contribution is -2.48. The molecule has 0 unspecified atom stereocenters. The highest BCUT2D eigenvalue weighted by Gasteiger charge is 2.21. The summed E-state index contributed by atoms with van der Waals surface area (Å²) in [5.74, 6) is 1.47. The van der Waals surface area contributed by atoms with Crippen molar-refractivity contribution in [2.75, 3.05) is 49.5 Å². The summed E-state index contributed by atoms with van der Waals surface area (Å²) in [6.07, 6.45) is 0. The molecule has 1 saturated heterocycles. The number of ether oxygens (including phenoxy) is 1. The molecule has 2 aromatic carbocycles. The van der Waals surface area contributed by atoms with Crippen LogP contribution in [0.15, 0.2) is 48.5 Å². The van der Waals surface area contributed by atoms with Crippen molar-refractivity contribution in [3.63, 3.8) is 0 Å². The quantitative estimate of drug-likeness (QED) is 0.788. The third-order valence-electron chi connectivity index (χ3n) is 5.11. The van der Waals surface area contributed by atoms with Crippen LogP contribution in [0.4, 0.5) is 11.4 Å². The molecule has 1 aliphatic rings. The SMILES string of the molecule is CCOc1ccccc1N1CCN(CC(=O)Nc2ccc(C(C)C)cc2)CC1. The number of carbonyl (C=O) groups is 1. The van der Waals surface area contributed by atoms with Gasteiger partial charge in [0.25, 0.3) is 0 Å². The van der Waals surface area contributed by atoms with Crippen LogP contribution in [0.3, 0.4) is 0 Å². The number of para-hydroxylation sites is 2. The van der Waals surface area contributed by atoms with Gasteiger partial charge in [-0.25, -0.2) is 0 Å². The maximum atomic E-state index is 12.4. The Kier molecular flexibility index (Phi) is 6.93. The molecule has 3 rings (SSSR count). The minimum Gasteiger partial charge on any atom is -0.492 e. The molecule has 0 atom stereocenters. The van der Waals surface area contributed by atoms with Crippen molar-refractivity contribution >= 4 is 17.3 Å². The van der Waals surface area contributed by atoms with Crippen LogP contribution in [-0.2, 0) is 4.79 Å². The molecule has 0 aliphatic carbocycles. The van der Waals surface area contributed by atoms with E-state index in [0.29, 0.717) is 19.1 Å². The van der Waals surface area contributed by atoms with Crippen molar-refractivity contribution in [1.29, 1.82) is 0 Å². The molecular formula is C23H31N3O2. The minimum atomic E-state index is 0.0421. The lowest BCUT2D eigenvalue weighted by atomic mass is 10.0. The van der Waals surface area contributed by atoms with Gasteiger partial charge in [-0.3, -0.25) is 9.69 Å². The highest BCUT2D eigenvalue weighted by atomic mass is 16.5. The van der Waals surface area contributed by atoms with E-state index in [2.05, 4.69) is 47.2 Å². The minimum absolute atomic E-state index is 0.0421. The number of carbonyl (C=O) groups excluding carboxylic acids is 1. The summed E-state index contributed by atoms with van der Waals surface area (Å²) in [5, 5.41) is 3.01. The van der Waals surface area contributed by atoms with Crippen molar-refractivity contribution in [2.45, 2.75) is 26.7 Å². The standard InChI is InChI=1S/C23H31N3O2/c1-4-28-22-8-6-5-7-21(22)26-15-13-25(14-16-26)17-23(27)24-20-11-9-19(10-12-20)18(2)3/h5-12,18H,4,13-17H2,1-3H3,(H,24,27). The molecule has 1 aliphatic heterocycles. The van der Waals surface area contributed by atoms with E-state index in [1.165, 1.54) is 5.56 Å². The highest BCUT2D eigenvalue weighted by molar-refractivity contribution is 5.92. The zero-order valence-electron chi connectivity index (χ0n) is 17.1. The van der Waals surface area contributed by atoms with Crippen LogP contribution in [0.25, 0.3) is 0 Å². The van der Waals surface area contributed by atoms with Gasteiger partial charge in [-0.15, -0.1) is 0 Å². The van der Waals surface area contributed by atoms with Crippen LogP contribution in [0, 0.1) is 0 Å². The Balaban J connectivity index is 1.49. The van der Waals surface area contributed by atoms with E-state index in [-0.39, 0.29) is 5.91 Å². The number of benzene rings is 2. The van der Waals surface area contributed by atoms with Gasteiger partial charge in [0.15, 0.2) is 0 Å². The van der Waals surface area contributed by atoms with E-state index in [4.69, 9.17) is 4.74 Å². The number of hydrogen-bond donors (Lipinski definition) is 1. The Bertz CT molecular complexity index is 766. The van der Waals surface area contributed by atoms with Gasteiger partial charge < -0.3 is 15.0 Å². The monoisotopic (exact) mass is 381 g/mol. The Hall–Kier alpha value is -2.53. The summed E-state index contributed by atoms with van der Waals surface area (Å²) in [7, 11) is 0. The van der Waals surface area contributed by atoms with E-state index in [1.807, 2.05) is 37.3 Å². The topological polar surface area (TPSA) is 44.8 Å². The summed E-state index contributed by atoms with van der Waals surface area (Å²) in [4.78, 5) is 16.9. The van der Waals surface area contributed by atoms with Gasteiger partial charge in [-0.2, -0.15) is 0 Å². The molecule has 28 heavy (non-hydrogen) atoms. The molecule has 5 nitrogen and oxygen atoms in total. The molecule has 1 N–H and O–H groups in total. The van der Waals surface area contributed by atoms with E-state index in [9.17, 15) is 4.79 Å². The fourth-order valence-corrected chi connectivity index (χ4v) is 3.50. The summed E-state index contributed by atoms with van der Waals surface area (Å²) in [6, 6.07) is 16.3. The summed E-state index contributed by atoms with van der Waals surface area (Å²) in [5.41, 5.74) is 3.28. The lowest BCUT2D eigenvalue weighted by molar-refractivity contribution is -0.117. The number of piperazine rings is 1. The van der Waals surface area contributed by atoms with Gasteiger partial charge in [0.2, 0.25) is 5.91 Å². The van der Waals surface area contributed by atoms with Gasteiger partial charge in [-0.1, -0.05) is 38.1 Å². The third-order valence-corrected chi connectivity index (χ3v) is 5.11. The Morgan fingerprint density at radius 1 is 1.04 bits per heavy atom. The highest BCUT2D eigenvalue weighted by Crippen LogP contribution is 2.28. The van der Waals surface area contributed by atoms with Crippen LogP contribution in [0.1, 0.15) is 32.3 Å². The predicted octanol–water partition coefficient (Wildman–Crippen LogP) is 3.97. The van der Waals surface area contributed by atoms with Crippen molar-refractivity contribution in [2.24, 2.45) is 0 Å². The summed E-state index contributed by atoms with van der Waals surface area (Å²) < 4.78 is 5.75. The fourth-order valence-electron chi connectivity index (χ4n) is 3.50. The second kappa shape index (κ2) is 9.60. The molecule has 150 valence electrons. The van der Waals surface area contributed by atoms with Crippen LogP contribution < -0.4 is 15.0 Å². The number of amides is 1. The average Bonchev–Trinajstić information content (AvgIpc) is 2.70. The second-order valence-corrected chi connectivity index (χ2v) is 7.49. The predicted molar refractivity (Wildman–Crippen MR) is 115 cm³/mol. The van der Waals surface area contributed by atoms with E-state index >= 15 is 0 Å². The molecule has 1 heterocycles. The average molecular weight is 382 g/mol. The molecule has 5 heteroatoms. The number of rotatable bonds is 7. The van der Waals surface area contributed by atoms with Gasteiger partial charge >= 0.3 is 0 Å². The zero-order chi connectivity index (χ0) is 19.9. The van der Waals surface area contributed by atoms with E-state index < -0.39 is 0 Å². The molecule has 2 aromatic rings. The second-order valence-electron chi connectivity index (χ2n) is 7.49. The van der Waals surface area contributed by atoms with Crippen molar-refractivity contribution in [3.05, 3.63) is 54.1 Å². The summed E-state index contributed by atoms with van der Waals surface area (Å²) >= 11 is 0. The normalized spacial score (nSPS) is 14.9. The van der Waals surface area contributed by atoms with Crippen LogP contribution in [0.2, 0.25) is 0 Å². The Morgan fingerprint density at radius 2 is 1.71 bits per heavy atom. The van der Waals surface area contributed by atoms with Crippen LogP contribution in [0.5, 0.6) is 5.75 Å². The maximum absolute atomic E-state index is 12.4. The number of hydrogen-bond acceptors (Lipinski definition) is 4. The first-order chi connectivity index (χ1) is 13.6. The van der Waals surface area contributed by atoms with Gasteiger partial charge in [0, 0.05) is 31.9 Å². The van der Waals surface area contributed by atoms with Crippen LogP contribution >= 0.6 is 0 Å². The first kappa shape index (κ1) is 20.2. The fraction of sp³-hybridized carbons (Fsp3) is 0.435. The van der Waals surface area contributed by atoms with Gasteiger partial charge in [0.05, 0.1) is 18.8 Å². The number of nitrogens with one attached hydrogen (secondary N) is 1. The number of nitrogens with zero attached hydrogens (tertiary/aromatic N) is 2. The Morgan fingerprint density at radius 3 is 2.36 bits per heavy atom. The summed E-state index contributed by atoms with van der Waals surface area (Å²) in [6.45, 7) is 10.9. The first-order valence-corrected chi connectivity index (χ1v) is 10.2. The van der Waals surface area contributed by atoms with E-state index in [0.717, 1.165) is 43.3 Å². The molecule has 0 spiro atoms. The molecule has 0 radical (unpaired) electrons. The van der Waals surface area contributed by atoms with Crippen molar-refractivity contribution in [3.8, 4) is 5.75 Å². The van der Waals surface area contributed by atoms with E-state index in [1.54, 1.807) is 0 Å².